The van der Waals surface area contributed by atoms with Crippen LogP contribution in [-0.4, -0.2) is 44.2 Å². The van der Waals surface area contributed by atoms with Crippen molar-refractivity contribution in [1.82, 2.24) is 14.6 Å². The van der Waals surface area contributed by atoms with Crippen LogP contribution >= 0.6 is 0 Å². The summed E-state index contributed by atoms with van der Waals surface area (Å²) in [5.74, 6) is 0.504. The van der Waals surface area contributed by atoms with Gasteiger partial charge in [0.15, 0.2) is 0 Å². The van der Waals surface area contributed by atoms with Gasteiger partial charge in [-0.15, -0.1) is 0 Å². The molecule has 7 heteroatoms. The van der Waals surface area contributed by atoms with E-state index in [1.807, 2.05) is 41.0 Å². The summed E-state index contributed by atoms with van der Waals surface area (Å²) < 4.78 is 16.9. The molecule has 2 saturated heterocycles. The van der Waals surface area contributed by atoms with E-state index in [0.29, 0.717) is 11.5 Å². The number of imidazole rings is 1. The van der Waals surface area contributed by atoms with Gasteiger partial charge in [-0.2, -0.15) is 5.06 Å². The lowest BCUT2D eigenvalue weighted by molar-refractivity contribution is -0.286. The zero-order valence-corrected chi connectivity index (χ0v) is 20.1. The smallest absolute Gasteiger partial charge is 0.141 e. The van der Waals surface area contributed by atoms with Gasteiger partial charge < -0.3 is 9.67 Å². The number of nitrogens with zero attached hydrogens (tertiary/aromatic N) is 3. The Balaban J connectivity index is 1.09. The zero-order valence-electron chi connectivity index (χ0n) is 20.1. The van der Waals surface area contributed by atoms with Gasteiger partial charge in [-0.05, 0) is 49.7 Å². The number of piperidine rings is 2. The molecule has 2 saturated carbocycles. The number of halogens is 1. The molecule has 3 aliphatic heterocycles. The highest BCUT2D eigenvalue weighted by atomic mass is 19.1. The first-order valence-corrected chi connectivity index (χ1v) is 13.0. The predicted octanol–water partition coefficient (Wildman–Crippen LogP) is 4.85. The number of carbonyl (C=O) groups is 1. The number of carbonyl (C=O) groups excluding carboxylic acids is 1. The van der Waals surface area contributed by atoms with Crippen LogP contribution in [0.2, 0.25) is 0 Å². The van der Waals surface area contributed by atoms with E-state index in [9.17, 15) is 14.3 Å². The van der Waals surface area contributed by atoms with E-state index in [-0.39, 0.29) is 48.2 Å². The molecular formula is C29H30FN3O3. The molecule has 0 amide bonds. The maximum atomic E-state index is 14.9. The Kier molecular flexibility index (Phi) is 5.17. The lowest BCUT2D eigenvalue weighted by Gasteiger charge is -2.60. The molecule has 2 aliphatic carbocycles. The summed E-state index contributed by atoms with van der Waals surface area (Å²) in [5.41, 5.74) is 2.81. The molecule has 4 heterocycles. The summed E-state index contributed by atoms with van der Waals surface area (Å²) in [6.07, 6.45) is 7.61. The molecule has 36 heavy (non-hydrogen) atoms. The van der Waals surface area contributed by atoms with Crippen molar-refractivity contribution in [1.29, 1.82) is 0 Å². The SMILES string of the molecule is O=C(CC1c2c(F)cccc2-c2cncn21)C12CC3CC(C1)N(OCC(O)c1ccccc1)C(C3)C2. The van der Waals surface area contributed by atoms with Gasteiger partial charge in [-0.25, -0.2) is 9.37 Å². The van der Waals surface area contributed by atoms with Gasteiger partial charge in [0.1, 0.15) is 17.7 Å². The number of benzene rings is 2. The molecule has 6 nitrogen and oxygen atoms in total. The van der Waals surface area contributed by atoms with Gasteiger partial charge >= 0.3 is 0 Å². The van der Waals surface area contributed by atoms with Crippen molar-refractivity contribution in [3.63, 3.8) is 0 Å². The Hall–Kier alpha value is -2.87. The second-order valence-electron chi connectivity index (χ2n) is 11.2. The molecule has 4 bridgehead atoms. The first-order valence-electron chi connectivity index (χ1n) is 13.0. The number of fused-ring (bicyclic) bond motifs is 3. The standard InChI is InChI=1S/C29H30FN3O3/c30-23-8-4-7-22-25-15-31-17-32(25)24(28(22)23)11-27(35)29-12-18-9-20(13-29)33(21(10-18)14-29)36-16-26(34)19-5-2-1-3-6-19/h1-8,15,17-18,20-21,24,26,34H,9-14,16H2. The minimum atomic E-state index is -0.680. The van der Waals surface area contributed by atoms with Crippen LogP contribution in [0.3, 0.4) is 0 Å². The number of rotatable bonds is 7. The highest BCUT2D eigenvalue weighted by Gasteiger charge is 2.58. The fourth-order valence-corrected chi connectivity index (χ4v) is 7.66. The second-order valence-corrected chi connectivity index (χ2v) is 11.2. The highest BCUT2D eigenvalue weighted by Crippen LogP contribution is 2.58. The summed E-state index contributed by atoms with van der Waals surface area (Å²) in [6.45, 7) is 0.212. The molecule has 0 spiro atoms. The number of hydrogen-bond acceptors (Lipinski definition) is 5. The van der Waals surface area contributed by atoms with Crippen LogP contribution in [0.15, 0.2) is 61.1 Å². The van der Waals surface area contributed by atoms with E-state index >= 15 is 0 Å². The molecule has 186 valence electrons. The van der Waals surface area contributed by atoms with Crippen molar-refractivity contribution < 1.29 is 19.1 Å². The van der Waals surface area contributed by atoms with Crippen molar-refractivity contribution in [3.8, 4) is 11.3 Å². The molecule has 2 aromatic carbocycles. The van der Waals surface area contributed by atoms with Gasteiger partial charge in [0, 0.05) is 35.0 Å². The Labute approximate surface area is 209 Å². The van der Waals surface area contributed by atoms with Crippen molar-refractivity contribution in [3.05, 3.63) is 78.0 Å². The number of ketones is 1. The van der Waals surface area contributed by atoms with Crippen LogP contribution in [0.5, 0.6) is 0 Å². The van der Waals surface area contributed by atoms with Crippen LogP contribution in [-0.2, 0) is 9.63 Å². The maximum Gasteiger partial charge on any atom is 0.141 e. The predicted molar refractivity (Wildman–Crippen MR) is 131 cm³/mol. The topological polar surface area (TPSA) is 67.6 Å². The largest absolute Gasteiger partial charge is 0.386 e. The summed E-state index contributed by atoms with van der Waals surface area (Å²) in [6, 6.07) is 14.7. The molecule has 4 fully saturated rings. The van der Waals surface area contributed by atoms with Gasteiger partial charge in [0.25, 0.3) is 0 Å². The summed E-state index contributed by atoms with van der Waals surface area (Å²) in [7, 11) is 0. The molecule has 5 aliphatic rings. The van der Waals surface area contributed by atoms with Gasteiger partial charge in [-0.1, -0.05) is 42.5 Å². The summed E-state index contributed by atoms with van der Waals surface area (Å²) >= 11 is 0. The van der Waals surface area contributed by atoms with Crippen LogP contribution in [0, 0.1) is 17.2 Å². The number of hydrogen-bond donors (Lipinski definition) is 1. The van der Waals surface area contributed by atoms with Crippen LogP contribution in [0.4, 0.5) is 4.39 Å². The van der Waals surface area contributed by atoms with E-state index in [1.165, 1.54) is 6.07 Å². The first kappa shape index (κ1) is 22.3. The average molecular weight is 488 g/mol. The number of hydroxylamine groups is 2. The Morgan fingerprint density at radius 3 is 2.67 bits per heavy atom. The molecular weight excluding hydrogens is 457 g/mol. The Morgan fingerprint density at radius 1 is 1.11 bits per heavy atom. The molecule has 0 radical (unpaired) electrons. The van der Waals surface area contributed by atoms with E-state index in [2.05, 4.69) is 10.0 Å². The zero-order chi connectivity index (χ0) is 24.4. The van der Waals surface area contributed by atoms with Gasteiger partial charge in [0.05, 0.1) is 30.9 Å². The van der Waals surface area contributed by atoms with Crippen LogP contribution < -0.4 is 0 Å². The third kappa shape index (κ3) is 3.40. The fraction of sp³-hybridized carbons (Fsp3) is 0.448. The Bertz CT molecular complexity index is 1290. The quantitative estimate of drug-likeness (QED) is 0.516. The van der Waals surface area contributed by atoms with E-state index < -0.39 is 6.10 Å². The number of aromatic nitrogens is 2. The number of Topliss-reactive ketones (excluding diaryl/α,β-unsaturated/α-hetero) is 1. The lowest BCUT2D eigenvalue weighted by Crippen LogP contribution is -2.63. The van der Waals surface area contributed by atoms with Crippen molar-refractivity contribution in [2.24, 2.45) is 11.3 Å². The fourth-order valence-electron chi connectivity index (χ4n) is 7.66. The minimum absolute atomic E-state index is 0.180. The Morgan fingerprint density at radius 2 is 1.89 bits per heavy atom. The molecule has 8 rings (SSSR count). The monoisotopic (exact) mass is 487 g/mol. The number of aliphatic hydroxyl groups is 1. The summed E-state index contributed by atoms with van der Waals surface area (Å²) in [5, 5.41) is 12.7. The van der Waals surface area contributed by atoms with E-state index in [0.717, 1.165) is 48.9 Å². The van der Waals surface area contributed by atoms with Crippen molar-refractivity contribution >= 4 is 5.78 Å². The highest BCUT2D eigenvalue weighted by molar-refractivity contribution is 5.87. The third-order valence-corrected chi connectivity index (χ3v) is 9.06. The average Bonchev–Trinajstić information content (AvgIpc) is 3.47. The van der Waals surface area contributed by atoms with Crippen LogP contribution in [0.25, 0.3) is 11.3 Å². The van der Waals surface area contributed by atoms with Crippen molar-refractivity contribution in [2.75, 3.05) is 6.61 Å². The molecule has 4 atom stereocenters. The van der Waals surface area contributed by atoms with Crippen molar-refractivity contribution in [2.45, 2.75) is 62.8 Å². The van der Waals surface area contributed by atoms with Crippen LogP contribution in [0.1, 0.15) is 61.8 Å². The molecule has 3 aromatic rings. The second kappa shape index (κ2) is 8.33. The van der Waals surface area contributed by atoms with Gasteiger partial charge in [-0.3, -0.25) is 9.63 Å². The first-order chi connectivity index (χ1) is 17.5. The third-order valence-electron chi connectivity index (χ3n) is 9.06. The minimum Gasteiger partial charge on any atom is -0.386 e. The number of aliphatic hydroxyl groups excluding tert-OH is 1. The maximum absolute atomic E-state index is 14.9. The van der Waals surface area contributed by atoms with E-state index in [1.54, 1.807) is 18.6 Å². The lowest BCUT2D eigenvalue weighted by atomic mass is 9.54. The normalized spacial score (nSPS) is 30.8. The van der Waals surface area contributed by atoms with E-state index in [4.69, 9.17) is 4.84 Å². The summed E-state index contributed by atoms with van der Waals surface area (Å²) in [4.78, 5) is 24.5. The molecule has 1 aromatic heterocycles. The molecule has 4 unspecified atom stereocenters. The van der Waals surface area contributed by atoms with Gasteiger partial charge in [0.2, 0.25) is 0 Å². The molecule has 1 N–H and O–H groups in total.